The molecule has 3 aromatic rings. The first-order chi connectivity index (χ1) is 9.63. The average molecular weight is 327 g/mol. The van der Waals surface area contributed by atoms with Crippen molar-refractivity contribution in [3.8, 4) is 22.8 Å². The lowest BCUT2D eigenvalue weighted by atomic mass is 10.2. The molecule has 4 nitrogen and oxygen atoms in total. The Bertz CT molecular complexity index is 773. The van der Waals surface area contributed by atoms with Gasteiger partial charge in [-0.3, -0.25) is 0 Å². The molecule has 2 heterocycles. The van der Waals surface area contributed by atoms with Crippen molar-refractivity contribution in [2.75, 3.05) is 0 Å². The van der Waals surface area contributed by atoms with Crippen LogP contribution in [0, 0.1) is 0 Å². The fraction of sp³-hybridized carbons (Fsp3) is 0. The van der Waals surface area contributed by atoms with Crippen LogP contribution in [0.5, 0.6) is 0 Å². The lowest BCUT2D eigenvalue weighted by Gasteiger charge is -1.98. The quantitative estimate of drug-likeness (QED) is 0.637. The van der Waals surface area contributed by atoms with Gasteiger partial charge < -0.3 is 4.52 Å². The molecule has 0 saturated carbocycles. The van der Waals surface area contributed by atoms with Gasteiger partial charge in [-0.05, 0) is 30.3 Å². The molecule has 0 unspecified atom stereocenters. The van der Waals surface area contributed by atoms with Crippen molar-refractivity contribution < 1.29 is 4.52 Å². The summed E-state index contributed by atoms with van der Waals surface area (Å²) < 4.78 is 5.21. The number of aromatic nitrogens is 3. The van der Waals surface area contributed by atoms with Crippen LogP contribution in [0.15, 0.2) is 41.1 Å². The van der Waals surface area contributed by atoms with Gasteiger partial charge in [-0.2, -0.15) is 4.98 Å². The van der Waals surface area contributed by atoms with Crippen molar-refractivity contribution in [1.29, 1.82) is 0 Å². The van der Waals surface area contributed by atoms with Gasteiger partial charge in [0.25, 0.3) is 5.89 Å². The lowest BCUT2D eigenvalue weighted by molar-refractivity contribution is 0.432. The molecule has 100 valence electrons. The van der Waals surface area contributed by atoms with E-state index in [-0.39, 0.29) is 0 Å². The van der Waals surface area contributed by atoms with Crippen LogP contribution in [-0.4, -0.2) is 15.1 Å². The largest absolute Gasteiger partial charge is 0.334 e. The molecule has 3 rings (SSSR count). The van der Waals surface area contributed by atoms with E-state index in [4.69, 9.17) is 39.3 Å². The van der Waals surface area contributed by atoms with Crippen molar-refractivity contribution in [3.63, 3.8) is 0 Å². The van der Waals surface area contributed by atoms with Gasteiger partial charge >= 0.3 is 0 Å². The van der Waals surface area contributed by atoms with Gasteiger partial charge in [-0.15, -0.1) is 0 Å². The number of rotatable bonds is 2. The van der Waals surface area contributed by atoms with E-state index in [1.807, 2.05) is 0 Å². The van der Waals surface area contributed by atoms with E-state index < -0.39 is 0 Å². The third kappa shape index (κ3) is 2.63. The van der Waals surface area contributed by atoms with E-state index in [0.29, 0.717) is 38.0 Å². The molecule has 2 aromatic heterocycles. The molecule has 0 spiro atoms. The molecule has 1 aromatic carbocycles. The van der Waals surface area contributed by atoms with Crippen LogP contribution in [0.1, 0.15) is 0 Å². The van der Waals surface area contributed by atoms with Gasteiger partial charge in [-0.25, -0.2) is 4.98 Å². The minimum atomic E-state index is 0.343. The standard InChI is InChI=1S/C13H6Cl3N3O/c14-8-1-2-9(10(15)6-8)12-18-13(20-19-12)7-3-4-17-11(16)5-7/h1-6H. The zero-order chi connectivity index (χ0) is 14.1. The Morgan fingerprint density at radius 3 is 2.60 bits per heavy atom. The van der Waals surface area contributed by atoms with Gasteiger partial charge in [0.05, 0.1) is 5.02 Å². The molecular formula is C13H6Cl3N3O. The number of nitrogens with zero attached hydrogens (tertiary/aromatic N) is 3. The number of benzene rings is 1. The summed E-state index contributed by atoms with van der Waals surface area (Å²) in [5, 5.41) is 5.26. The molecule has 0 N–H and O–H groups in total. The lowest BCUT2D eigenvalue weighted by Crippen LogP contribution is -1.83. The number of hydrogen-bond acceptors (Lipinski definition) is 4. The van der Waals surface area contributed by atoms with Crippen LogP contribution in [-0.2, 0) is 0 Å². The maximum Gasteiger partial charge on any atom is 0.258 e. The van der Waals surface area contributed by atoms with E-state index in [2.05, 4.69) is 15.1 Å². The zero-order valence-corrected chi connectivity index (χ0v) is 12.1. The number of pyridine rings is 1. The smallest absolute Gasteiger partial charge is 0.258 e. The Labute approximate surface area is 129 Å². The van der Waals surface area contributed by atoms with Crippen molar-refractivity contribution in [1.82, 2.24) is 15.1 Å². The molecule has 0 fully saturated rings. The summed E-state index contributed by atoms with van der Waals surface area (Å²) in [6, 6.07) is 8.44. The van der Waals surface area contributed by atoms with Gasteiger partial charge in [0.2, 0.25) is 5.82 Å². The van der Waals surface area contributed by atoms with Crippen LogP contribution in [0.25, 0.3) is 22.8 Å². The molecule has 0 bridgehead atoms. The van der Waals surface area contributed by atoms with Crippen molar-refractivity contribution in [2.24, 2.45) is 0 Å². The minimum Gasteiger partial charge on any atom is -0.334 e. The Morgan fingerprint density at radius 2 is 1.85 bits per heavy atom. The molecule has 0 aliphatic carbocycles. The average Bonchev–Trinajstić information content (AvgIpc) is 2.88. The minimum absolute atomic E-state index is 0.343. The first-order valence-corrected chi connectivity index (χ1v) is 6.68. The summed E-state index contributed by atoms with van der Waals surface area (Å²) >= 11 is 17.8. The van der Waals surface area contributed by atoms with Crippen LogP contribution in [0.3, 0.4) is 0 Å². The predicted octanol–water partition coefficient (Wildman–Crippen LogP) is 4.76. The van der Waals surface area contributed by atoms with Gasteiger partial charge in [0.1, 0.15) is 5.15 Å². The second-order valence-corrected chi connectivity index (χ2v) is 5.15. The maximum atomic E-state index is 6.11. The van der Waals surface area contributed by atoms with Crippen LogP contribution in [0.4, 0.5) is 0 Å². The van der Waals surface area contributed by atoms with Gasteiger partial charge in [0.15, 0.2) is 0 Å². The second-order valence-electron chi connectivity index (χ2n) is 3.91. The van der Waals surface area contributed by atoms with Gasteiger partial charge in [-0.1, -0.05) is 40.0 Å². The molecule has 0 aliphatic heterocycles. The predicted molar refractivity (Wildman–Crippen MR) is 78.0 cm³/mol. The highest BCUT2D eigenvalue weighted by atomic mass is 35.5. The Hall–Kier alpha value is -1.62. The summed E-state index contributed by atoms with van der Waals surface area (Å²) in [7, 11) is 0. The molecule has 0 aliphatic rings. The SMILES string of the molecule is Clc1ccc(-c2noc(-c3ccnc(Cl)c3)n2)c(Cl)c1. The topological polar surface area (TPSA) is 51.8 Å². The van der Waals surface area contributed by atoms with Crippen LogP contribution in [0.2, 0.25) is 15.2 Å². The highest BCUT2D eigenvalue weighted by Crippen LogP contribution is 2.30. The monoisotopic (exact) mass is 325 g/mol. The highest BCUT2D eigenvalue weighted by Gasteiger charge is 2.13. The van der Waals surface area contributed by atoms with Gasteiger partial charge in [0, 0.05) is 22.3 Å². The third-order valence-electron chi connectivity index (χ3n) is 2.57. The molecule has 0 amide bonds. The summed E-state index contributed by atoms with van der Waals surface area (Å²) in [5.74, 6) is 0.727. The molecule has 0 radical (unpaired) electrons. The van der Waals surface area contributed by atoms with Crippen LogP contribution >= 0.6 is 34.8 Å². The molecular weight excluding hydrogens is 321 g/mol. The summed E-state index contributed by atoms with van der Waals surface area (Å²) in [6.07, 6.45) is 1.57. The van der Waals surface area contributed by atoms with Crippen LogP contribution < -0.4 is 0 Å². The number of halogens is 3. The number of hydrogen-bond donors (Lipinski definition) is 0. The van der Waals surface area contributed by atoms with Crippen molar-refractivity contribution in [2.45, 2.75) is 0 Å². The van der Waals surface area contributed by atoms with E-state index in [0.717, 1.165) is 0 Å². The summed E-state index contributed by atoms with van der Waals surface area (Å²) in [5.41, 5.74) is 1.33. The van der Waals surface area contributed by atoms with Crippen molar-refractivity contribution >= 4 is 34.8 Å². The van der Waals surface area contributed by atoms with E-state index in [9.17, 15) is 0 Å². The fourth-order valence-corrected chi connectivity index (χ4v) is 2.32. The first-order valence-electron chi connectivity index (χ1n) is 5.54. The maximum absolute atomic E-state index is 6.11. The fourth-order valence-electron chi connectivity index (χ4n) is 1.66. The van der Waals surface area contributed by atoms with Crippen molar-refractivity contribution in [3.05, 3.63) is 51.7 Å². The first kappa shape index (κ1) is 13.4. The Morgan fingerprint density at radius 1 is 1.00 bits per heavy atom. The normalized spacial score (nSPS) is 10.8. The van der Waals surface area contributed by atoms with E-state index in [1.165, 1.54) is 0 Å². The summed E-state index contributed by atoms with van der Waals surface area (Å²) in [4.78, 5) is 8.18. The molecule has 0 saturated heterocycles. The molecule has 0 atom stereocenters. The summed E-state index contributed by atoms with van der Waals surface area (Å²) in [6.45, 7) is 0. The molecule has 20 heavy (non-hydrogen) atoms. The Balaban J connectivity index is 2.02. The third-order valence-corrected chi connectivity index (χ3v) is 3.33. The van der Waals surface area contributed by atoms with E-state index in [1.54, 1.807) is 36.5 Å². The second kappa shape index (κ2) is 5.40. The van der Waals surface area contributed by atoms with E-state index >= 15 is 0 Å². The zero-order valence-electron chi connectivity index (χ0n) is 9.85. The highest BCUT2D eigenvalue weighted by molar-refractivity contribution is 6.36. The molecule has 7 heteroatoms. The Kier molecular flexibility index (Phi) is 3.61.